The molecule has 4 aromatic carbocycles. The van der Waals surface area contributed by atoms with Crippen LogP contribution in [-0.4, -0.2) is 110 Å². The fraction of sp³-hybridized carbons (Fsp3) is 0.446. The second-order valence-electron chi connectivity index (χ2n) is 20.6. The predicted molar refractivity (Wildman–Crippen MR) is 263 cm³/mol. The number of carboxylic acid groups (broad SMARTS) is 2. The summed E-state index contributed by atoms with van der Waals surface area (Å²) in [6, 6.07) is 21.8. The summed E-state index contributed by atoms with van der Waals surface area (Å²) in [6.45, 7) is 9.05. The third-order valence-corrected chi connectivity index (χ3v) is 16.4. The summed E-state index contributed by atoms with van der Waals surface area (Å²) in [5.41, 5.74) is 10.9. The highest BCUT2D eigenvalue weighted by Crippen LogP contribution is 2.49. The Morgan fingerprint density at radius 2 is 1.41 bits per heavy atom. The molecular formula is C56H63N5O8. The number of carbonyl (C=O) groups excluding carboxylic acids is 1. The van der Waals surface area contributed by atoms with Crippen LogP contribution in [0.25, 0.3) is 21.8 Å². The number of nitrogens with one attached hydrogen (secondary N) is 2. The van der Waals surface area contributed by atoms with Gasteiger partial charge in [-0.2, -0.15) is 0 Å². The number of aromatic carboxylic acids is 2. The van der Waals surface area contributed by atoms with E-state index >= 15 is 0 Å². The highest BCUT2D eigenvalue weighted by Gasteiger charge is 2.46. The first-order valence-corrected chi connectivity index (χ1v) is 24.9. The standard InChI is InChI=1S/C56H63N5O8/c1-34-25-45(36-5-6-36)46(43-13-18-57-51(34)43)31-59-20-16-55(15-4-23-68-55)29-49(59)39-11-12-42(54(65)66)40(26-39)27-41-28-50(67-3)47(44-14-19-58-52(41)44)32-60-21-17-56(33-61(35(2)62)22-24-69-56)30-48(60)37-7-9-38(10-8-37)53(63)64/h7-14,18-19,25-26,28,36,48-49,57-58H,4-6,15-17,20-24,27,29-33H2,1-3H3,(H,63,64)(H,65,66)/t48-,49-,55?,56?/m0/s1. The van der Waals surface area contributed by atoms with Crippen molar-refractivity contribution in [1.82, 2.24) is 24.7 Å². The third kappa shape index (κ3) is 8.61. The molecule has 4 saturated heterocycles. The average molecular weight is 934 g/mol. The first-order valence-electron chi connectivity index (χ1n) is 24.9. The van der Waals surface area contributed by atoms with Crippen molar-refractivity contribution < 1.29 is 38.8 Å². The van der Waals surface area contributed by atoms with Gasteiger partial charge in [-0.05, 0) is 140 Å². The van der Waals surface area contributed by atoms with E-state index < -0.39 is 17.5 Å². The molecule has 5 aliphatic rings. The smallest absolute Gasteiger partial charge is 0.335 e. The molecule has 0 bridgehead atoms. The van der Waals surface area contributed by atoms with Gasteiger partial charge in [0.25, 0.3) is 0 Å². The maximum Gasteiger partial charge on any atom is 0.335 e. The van der Waals surface area contributed by atoms with Crippen molar-refractivity contribution in [2.45, 2.75) is 114 Å². The summed E-state index contributed by atoms with van der Waals surface area (Å²) in [7, 11) is 1.69. The minimum atomic E-state index is -0.977. The molecule has 1 aliphatic carbocycles. The van der Waals surface area contributed by atoms with Crippen molar-refractivity contribution in [3.8, 4) is 5.75 Å². The number of likely N-dealkylation sites (tertiary alicyclic amines) is 2. The summed E-state index contributed by atoms with van der Waals surface area (Å²) in [5.74, 6) is -0.591. The lowest BCUT2D eigenvalue weighted by atomic mass is 9.80. The summed E-state index contributed by atoms with van der Waals surface area (Å²) in [4.78, 5) is 51.5. The number of aromatic nitrogens is 2. The van der Waals surface area contributed by atoms with Gasteiger partial charge in [-0.15, -0.1) is 0 Å². The van der Waals surface area contributed by atoms with Crippen molar-refractivity contribution >= 4 is 39.7 Å². The molecule has 360 valence electrons. The summed E-state index contributed by atoms with van der Waals surface area (Å²) in [5, 5.41) is 22.7. The lowest BCUT2D eigenvalue weighted by Gasteiger charge is -2.50. The number of amides is 1. The molecule has 2 spiro atoms. The normalized spacial score (nSPS) is 24.5. The van der Waals surface area contributed by atoms with Gasteiger partial charge >= 0.3 is 11.9 Å². The summed E-state index contributed by atoms with van der Waals surface area (Å²) < 4.78 is 19.4. The van der Waals surface area contributed by atoms with Crippen molar-refractivity contribution in [1.29, 1.82) is 0 Å². The van der Waals surface area contributed by atoms with E-state index in [1.54, 1.807) is 26.2 Å². The van der Waals surface area contributed by atoms with E-state index in [1.165, 1.54) is 40.4 Å². The number of H-pyrrole nitrogens is 2. The Hall–Kier alpha value is -5.99. The molecular weight excluding hydrogens is 871 g/mol. The third-order valence-electron chi connectivity index (χ3n) is 16.4. The Balaban J connectivity index is 0.929. The first kappa shape index (κ1) is 45.5. The van der Waals surface area contributed by atoms with E-state index in [0.29, 0.717) is 57.3 Å². The van der Waals surface area contributed by atoms with Gasteiger partial charge in [0.15, 0.2) is 0 Å². The maximum atomic E-state index is 13.1. The number of fused-ring (bicyclic) bond motifs is 2. The van der Waals surface area contributed by atoms with Crippen molar-refractivity contribution in [2.24, 2.45) is 0 Å². The van der Waals surface area contributed by atoms with E-state index in [2.05, 4.69) is 63.2 Å². The van der Waals surface area contributed by atoms with Gasteiger partial charge in [-0.1, -0.05) is 30.3 Å². The molecule has 4 atom stereocenters. The highest BCUT2D eigenvalue weighted by molar-refractivity contribution is 5.92. The lowest BCUT2D eigenvalue weighted by Crippen LogP contribution is -2.58. The van der Waals surface area contributed by atoms with Gasteiger partial charge in [0.2, 0.25) is 5.91 Å². The molecule has 2 unspecified atom stereocenters. The Morgan fingerprint density at radius 1 is 0.739 bits per heavy atom. The molecule has 69 heavy (non-hydrogen) atoms. The zero-order valence-electron chi connectivity index (χ0n) is 39.9. The van der Waals surface area contributed by atoms with Crippen LogP contribution in [0.3, 0.4) is 0 Å². The number of ether oxygens (including phenoxy) is 3. The molecule has 13 heteroatoms. The number of nitrogens with zero attached hydrogens (tertiary/aromatic N) is 3. The van der Waals surface area contributed by atoms with Gasteiger partial charge < -0.3 is 39.3 Å². The number of carboxylic acids is 2. The second kappa shape index (κ2) is 18.1. The molecule has 1 amide bonds. The quantitative estimate of drug-likeness (QED) is 0.0931. The van der Waals surface area contributed by atoms with Crippen LogP contribution in [0.15, 0.2) is 79.1 Å². The number of piperidine rings is 2. The SMILES string of the molecule is COc1cc(Cc2cc([C@@H]3CC4(CCCO4)CCN3Cc3c(C4CC4)cc(C)c4[nH]ccc34)ccc2C(=O)O)c2[nH]ccc2c1CN1CCC2(C[C@H]1c1ccc(C(=O)O)cc1)CN(C(C)=O)CCO2. The number of aryl methyl sites for hydroxylation is 1. The lowest BCUT2D eigenvalue weighted by molar-refractivity contribution is -0.164. The van der Waals surface area contributed by atoms with Gasteiger partial charge in [0.1, 0.15) is 5.75 Å². The van der Waals surface area contributed by atoms with Crippen LogP contribution < -0.4 is 4.74 Å². The van der Waals surface area contributed by atoms with Gasteiger partial charge in [-0.25, -0.2) is 9.59 Å². The topological polar surface area (TPSA) is 161 Å². The molecule has 4 N–H and O–H groups in total. The molecule has 11 rings (SSSR count). The number of carbonyl (C=O) groups is 3. The zero-order chi connectivity index (χ0) is 47.6. The number of hydrogen-bond acceptors (Lipinski definition) is 8. The fourth-order valence-electron chi connectivity index (χ4n) is 12.6. The largest absolute Gasteiger partial charge is 0.496 e. The fourth-order valence-corrected chi connectivity index (χ4v) is 12.6. The van der Waals surface area contributed by atoms with Crippen LogP contribution >= 0.6 is 0 Å². The van der Waals surface area contributed by atoms with E-state index in [9.17, 15) is 24.6 Å². The summed E-state index contributed by atoms with van der Waals surface area (Å²) >= 11 is 0. The molecule has 6 heterocycles. The monoisotopic (exact) mass is 933 g/mol. The van der Waals surface area contributed by atoms with Crippen LogP contribution in [0, 0.1) is 6.92 Å². The molecule has 2 aromatic heterocycles. The van der Waals surface area contributed by atoms with E-state index in [-0.39, 0.29) is 34.7 Å². The van der Waals surface area contributed by atoms with Gasteiger partial charge in [0, 0.05) is 111 Å². The number of methoxy groups -OCH3 is 1. The Kier molecular flexibility index (Phi) is 11.9. The first-order chi connectivity index (χ1) is 33.4. The van der Waals surface area contributed by atoms with Gasteiger partial charge in [0.05, 0.1) is 36.0 Å². The number of rotatable bonds is 12. The Morgan fingerprint density at radius 3 is 2.09 bits per heavy atom. The van der Waals surface area contributed by atoms with E-state index in [0.717, 1.165) is 90.5 Å². The Labute approximate surface area is 402 Å². The van der Waals surface area contributed by atoms with Crippen LogP contribution in [0.1, 0.15) is 142 Å². The molecule has 6 aromatic rings. The second-order valence-corrected chi connectivity index (χ2v) is 20.6. The van der Waals surface area contributed by atoms with Crippen molar-refractivity contribution in [2.75, 3.05) is 46.5 Å². The van der Waals surface area contributed by atoms with Crippen LogP contribution in [-0.2, 0) is 33.8 Å². The number of benzene rings is 4. The molecule has 4 aliphatic heterocycles. The van der Waals surface area contributed by atoms with Crippen molar-refractivity contribution in [3.05, 3.63) is 135 Å². The minimum Gasteiger partial charge on any atom is -0.496 e. The van der Waals surface area contributed by atoms with Crippen LogP contribution in [0.2, 0.25) is 0 Å². The van der Waals surface area contributed by atoms with Crippen LogP contribution in [0.5, 0.6) is 5.75 Å². The molecule has 1 saturated carbocycles. The number of aromatic amines is 2. The van der Waals surface area contributed by atoms with E-state index in [1.807, 2.05) is 35.4 Å². The molecule has 0 radical (unpaired) electrons. The Bertz CT molecular complexity index is 2950. The van der Waals surface area contributed by atoms with Crippen LogP contribution in [0.4, 0.5) is 0 Å². The number of hydrogen-bond donors (Lipinski definition) is 4. The van der Waals surface area contributed by atoms with Crippen molar-refractivity contribution in [3.63, 3.8) is 0 Å². The number of morpholine rings is 1. The summed E-state index contributed by atoms with van der Waals surface area (Å²) in [6.07, 6.45) is 12.1. The molecule has 5 fully saturated rings. The molecule has 13 nitrogen and oxygen atoms in total. The zero-order valence-corrected chi connectivity index (χ0v) is 39.9. The van der Waals surface area contributed by atoms with Gasteiger partial charge in [-0.3, -0.25) is 14.6 Å². The average Bonchev–Trinajstić information content (AvgIpc) is 3.64. The highest BCUT2D eigenvalue weighted by atomic mass is 16.5. The minimum absolute atomic E-state index is 0.0321. The maximum absolute atomic E-state index is 13.1. The van der Waals surface area contributed by atoms with E-state index in [4.69, 9.17) is 14.2 Å². The predicted octanol–water partition coefficient (Wildman–Crippen LogP) is 9.67.